The smallest absolute Gasteiger partial charge is 0.206 e. The number of fused-ring (bicyclic) bond motifs is 9. The Hall–Kier alpha value is -7.40. The molecule has 6 nitrogen and oxygen atoms in total. The first-order valence-corrected chi connectivity index (χ1v) is 20.4. The highest BCUT2D eigenvalue weighted by molar-refractivity contribution is 7.95. The molecular formula is C50H32N4O2S. The van der Waals surface area contributed by atoms with E-state index < -0.39 is 9.84 Å². The lowest BCUT2D eigenvalue weighted by Crippen LogP contribution is -2.03. The van der Waals surface area contributed by atoms with Crippen LogP contribution in [0.15, 0.2) is 192 Å². The van der Waals surface area contributed by atoms with Crippen molar-refractivity contribution in [1.29, 1.82) is 5.26 Å². The Morgan fingerprint density at radius 3 is 1.49 bits per heavy atom. The van der Waals surface area contributed by atoms with Crippen molar-refractivity contribution in [2.75, 3.05) is 0 Å². The zero-order chi connectivity index (χ0) is 38.3. The molecule has 10 aromatic rings. The summed E-state index contributed by atoms with van der Waals surface area (Å²) >= 11 is 0. The average Bonchev–Trinajstić information content (AvgIpc) is 3.78. The minimum atomic E-state index is -3.83. The van der Waals surface area contributed by atoms with Crippen molar-refractivity contribution in [3.05, 3.63) is 192 Å². The van der Waals surface area contributed by atoms with Crippen molar-refractivity contribution in [1.82, 2.24) is 13.7 Å². The molecular weight excluding hydrogens is 721 g/mol. The fourth-order valence-corrected chi connectivity index (χ4v) is 10.1. The molecule has 0 atom stereocenters. The van der Waals surface area contributed by atoms with Gasteiger partial charge < -0.3 is 13.7 Å². The van der Waals surface area contributed by atoms with Gasteiger partial charge >= 0.3 is 0 Å². The summed E-state index contributed by atoms with van der Waals surface area (Å²) in [7, 11) is -3.83. The fraction of sp³-hybridized carbons (Fsp3) is 0.0200. The lowest BCUT2D eigenvalue weighted by atomic mass is 10.1. The van der Waals surface area contributed by atoms with Gasteiger partial charge in [0.1, 0.15) is 0 Å². The molecule has 0 saturated carbocycles. The highest BCUT2D eigenvalue weighted by atomic mass is 32.2. The summed E-state index contributed by atoms with van der Waals surface area (Å²) in [5.74, 6) is 0. The van der Waals surface area contributed by atoms with E-state index in [-0.39, 0.29) is 9.80 Å². The van der Waals surface area contributed by atoms with E-state index in [2.05, 4.69) is 141 Å². The number of rotatable bonds is 5. The average molecular weight is 753 g/mol. The van der Waals surface area contributed by atoms with E-state index in [0.717, 1.165) is 60.9 Å². The lowest BCUT2D eigenvalue weighted by Gasteiger charge is -2.13. The Morgan fingerprint density at radius 1 is 0.491 bits per heavy atom. The third-order valence-corrected chi connectivity index (χ3v) is 13.1. The van der Waals surface area contributed by atoms with Gasteiger partial charge in [0.05, 0.1) is 54.5 Å². The van der Waals surface area contributed by atoms with Crippen LogP contribution >= 0.6 is 0 Å². The standard InChI is InChI=1S/C50H32N4O2S/c51-32-33-22-25-38(26-23-33)57(55,56)37-17-11-16-36(24-27-37)54-49-30-47-41(39-18-7-9-20-45(39)52(47)34-12-3-1-4-13-34)28-43(49)44-29-42-40-19-8-10-21-46(40)53(48(42)31-50(44)54)35-14-5-2-6-15-35/h1-23,25-31H,24H2. The van der Waals surface area contributed by atoms with Crippen LogP contribution in [0.3, 0.4) is 0 Å². The van der Waals surface area contributed by atoms with Crippen LogP contribution in [0.1, 0.15) is 12.0 Å². The maximum atomic E-state index is 13.9. The number of nitriles is 1. The molecule has 1 aliphatic carbocycles. The quantitative estimate of drug-likeness (QED) is 0.176. The molecule has 270 valence electrons. The highest BCUT2D eigenvalue weighted by Gasteiger charge is 2.24. The van der Waals surface area contributed by atoms with Crippen molar-refractivity contribution >= 4 is 81.0 Å². The lowest BCUT2D eigenvalue weighted by molar-refractivity contribution is 0.603. The van der Waals surface area contributed by atoms with Crippen LogP contribution in [0.2, 0.25) is 0 Å². The Bertz CT molecular complexity index is 3370. The van der Waals surface area contributed by atoms with E-state index in [0.29, 0.717) is 12.0 Å². The molecule has 7 aromatic carbocycles. The van der Waals surface area contributed by atoms with Gasteiger partial charge in [-0.3, -0.25) is 0 Å². The molecule has 0 bridgehead atoms. The van der Waals surface area contributed by atoms with Crippen molar-refractivity contribution in [2.24, 2.45) is 0 Å². The van der Waals surface area contributed by atoms with Crippen LogP contribution in [0.5, 0.6) is 0 Å². The Labute approximate surface area is 328 Å². The predicted molar refractivity (Wildman–Crippen MR) is 233 cm³/mol. The largest absolute Gasteiger partial charge is 0.312 e. The van der Waals surface area contributed by atoms with Crippen LogP contribution in [0, 0.1) is 11.3 Å². The van der Waals surface area contributed by atoms with Crippen LogP contribution in [0.25, 0.3) is 82.5 Å². The van der Waals surface area contributed by atoms with Gasteiger partial charge in [-0.05, 0) is 97.1 Å². The Morgan fingerprint density at radius 2 is 0.965 bits per heavy atom. The second kappa shape index (κ2) is 12.6. The number of sulfone groups is 1. The molecule has 11 rings (SSSR count). The SMILES string of the molecule is N#Cc1ccc(S(=O)(=O)C2=CCC(n3c4cc5c(cc4c4cc6c7ccccc7n(-c7ccccc7)c6cc43)c3ccccc3n5-c3ccccc3)=CC=C2)cc1. The van der Waals surface area contributed by atoms with Gasteiger partial charge in [0.25, 0.3) is 0 Å². The summed E-state index contributed by atoms with van der Waals surface area (Å²) in [6.07, 6.45) is 7.72. The van der Waals surface area contributed by atoms with Crippen molar-refractivity contribution in [3.63, 3.8) is 0 Å². The molecule has 0 amide bonds. The zero-order valence-corrected chi connectivity index (χ0v) is 31.4. The maximum absolute atomic E-state index is 13.9. The van der Waals surface area contributed by atoms with E-state index in [1.165, 1.54) is 33.7 Å². The number of hydrogen-bond acceptors (Lipinski definition) is 3. The molecule has 0 aliphatic heterocycles. The maximum Gasteiger partial charge on any atom is 0.206 e. The molecule has 7 heteroatoms. The summed E-state index contributed by atoms with van der Waals surface area (Å²) in [4.78, 5) is 0.377. The number of nitrogens with zero attached hydrogens (tertiary/aromatic N) is 4. The van der Waals surface area contributed by atoms with E-state index in [1.807, 2.05) is 24.3 Å². The summed E-state index contributed by atoms with van der Waals surface area (Å²) in [5.41, 5.74) is 10.0. The molecule has 57 heavy (non-hydrogen) atoms. The van der Waals surface area contributed by atoms with Crippen LogP contribution in [-0.4, -0.2) is 22.1 Å². The highest BCUT2D eigenvalue weighted by Crippen LogP contribution is 2.43. The summed E-state index contributed by atoms with van der Waals surface area (Å²) in [6.45, 7) is 0. The molecule has 3 aromatic heterocycles. The first kappa shape index (κ1) is 33.0. The molecule has 0 saturated heterocycles. The van der Waals surface area contributed by atoms with Gasteiger partial charge in [-0.25, -0.2) is 8.42 Å². The van der Waals surface area contributed by atoms with E-state index in [9.17, 15) is 13.7 Å². The van der Waals surface area contributed by atoms with Crippen molar-refractivity contribution in [2.45, 2.75) is 11.3 Å². The topological polar surface area (TPSA) is 72.7 Å². The van der Waals surface area contributed by atoms with Crippen LogP contribution in [-0.2, 0) is 9.84 Å². The van der Waals surface area contributed by atoms with Gasteiger partial charge in [-0.2, -0.15) is 5.26 Å². The Kier molecular flexibility index (Phi) is 7.27. The monoisotopic (exact) mass is 752 g/mol. The molecule has 3 heterocycles. The minimum Gasteiger partial charge on any atom is -0.312 e. The van der Waals surface area contributed by atoms with Gasteiger partial charge in [-0.15, -0.1) is 0 Å². The van der Waals surface area contributed by atoms with Gasteiger partial charge in [0, 0.05) is 55.8 Å². The predicted octanol–water partition coefficient (Wildman–Crippen LogP) is 12.0. The third kappa shape index (κ3) is 4.98. The molecule has 0 fully saturated rings. The van der Waals surface area contributed by atoms with Crippen LogP contribution < -0.4 is 0 Å². The van der Waals surface area contributed by atoms with E-state index >= 15 is 0 Å². The van der Waals surface area contributed by atoms with E-state index in [1.54, 1.807) is 24.3 Å². The second-order valence-electron chi connectivity index (χ2n) is 14.5. The molecule has 0 unspecified atom stereocenters. The third-order valence-electron chi connectivity index (χ3n) is 11.3. The summed E-state index contributed by atoms with van der Waals surface area (Å²) in [6, 6.07) is 55.6. The normalized spacial score (nSPS) is 13.5. The number of benzene rings is 7. The van der Waals surface area contributed by atoms with Gasteiger partial charge in [0.15, 0.2) is 0 Å². The molecule has 1 aliphatic rings. The van der Waals surface area contributed by atoms with Gasteiger partial charge in [-0.1, -0.05) is 84.9 Å². The van der Waals surface area contributed by atoms with Crippen LogP contribution in [0.4, 0.5) is 0 Å². The second-order valence-corrected chi connectivity index (χ2v) is 16.4. The molecule has 0 N–H and O–H groups in total. The summed E-state index contributed by atoms with van der Waals surface area (Å²) in [5, 5.41) is 16.2. The fourth-order valence-electron chi connectivity index (χ4n) is 8.76. The first-order valence-electron chi connectivity index (χ1n) is 18.9. The molecule has 0 spiro atoms. The number of para-hydroxylation sites is 4. The number of hydrogen-bond donors (Lipinski definition) is 0. The number of aromatic nitrogens is 3. The number of allylic oxidation sites excluding steroid dienone is 5. The van der Waals surface area contributed by atoms with Gasteiger partial charge in [0.2, 0.25) is 9.84 Å². The Balaban J connectivity index is 1.21. The first-order chi connectivity index (χ1) is 28.0. The zero-order valence-electron chi connectivity index (χ0n) is 30.5. The minimum absolute atomic E-state index is 0.157. The van der Waals surface area contributed by atoms with E-state index in [4.69, 9.17) is 0 Å². The summed E-state index contributed by atoms with van der Waals surface area (Å²) < 4.78 is 34.8. The van der Waals surface area contributed by atoms with Crippen molar-refractivity contribution in [3.8, 4) is 17.4 Å². The molecule has 0 radical (unpaired) electrons. The van der Waals surface area contributed by atoms with Crippen molar-refractivity contribution < 1.29 is 8.42 Å².